The Hall–Kier alpha value is -1.55. The Balaban J connectivity index is 1.90. The fourth-order valence-electron chi connectivity index (χ4n) is 1.94. The molecule has 1 heterocycles. The van der Waals surface area contributed by atoms with Crippen LogP contribution in [0.1, 0.15) is 18.4 Å². The van der Waals surface area contributed by atoms with E-state index in [1.165, 1.54) is 5.56 Å². The van der Waals surface area contributed by atoms with Gasteiger partial charge in [0.05, 0.1) is 0 Å². The summed E-state index contributed by atoms with van der Waals surface area (Å²) in [5.41, 5.74) is 7.84. The molecule has 3 N–H and O–H groups in total. The Morgan fingerprint density at radius 3 is 2.47 bits per heavy atom. The van der Waals surface area contributed by atoms with E-state index in [9.17, 15) is 4.79 Å². The standard InChI is InChI=1S/C13H19N3O/c1-10-2-4-12(5-3-10)15-13(17)16-8-6-11(14)7-9-16/h2-5,11H,6-9,14H2,1H3,(H,15,17). The van der Waals surface area contributed by atoms with Gasteiger partial charge in [0.15, 0.2) is 0 Å². The molecule has 4 heteroatoms. The van der Waals surface area contributed by atoms with E-state index < -0.39 is 0 Å². The summed E-state index contributed by atoms with van der Waals surface area (Å²) < 4.78 is 0. The van der Waals surface area contributed by atoms with Crippen LogP contribution in [0.3, 0.4) is 0 Å². The summed E-state index contributed by atoms with van der Waals surface area (Å²) in [6.45, 7) is 3.52. The van der Waals surface area contributed by atoms with Gasteiger partial charge in [-0.05, 0) is 31.9 Å². The van der Waals surface area contributed by atoms with Crippen molar-refractivity contribution in [2.45, 2.75) is 25.8 Å². The lowest BCUT2D eigenvalue weighted by atomic mass is 10.1. The molecule has 1 aromatic rings. The van der Waals surface area contributed by atoms with Gasteiger partial charge in [-0.15, -0.1) is 0 Å². The molecule has 92 valence electrons. The lowest BCUT2D eigenvalue weighted by molar-refractivity contribution is 0.195. The minimum Gasteiger partial charge on any atom is -0.328 e. The fourth-order valence-corrected chi connectivity index (χ4v) is 1.94. The molecule has 0 bridgehead atoms. The van der Waals surface area contributed by atoms with Gasteiger partial charge in [-0.25, -0.2) is 4.79 Å². The average Bonchev–Trinajstić information content (AvgIpc) is 2.33. The maximum Gasteiger partial charge on any atom is 0.321 e. The van der Waals surface area contributed by atoms with Gasteiger partial charge in [0.2, 0.25) is 0 Å². The van der Waals surface area contributed by atoms with Crippen LogP contribution >= 0.6 is 0 Å². The van der Waals surface area contributed by atoms with E-state index in [-0.39, 0.29) is 12.1 Å². The van der Waals surface area contributed by atoms with Crippen LogP contribution in [0.4, 0.5) is 10.5 Å². The number of anilines is 1. The number of hydrogen-bond donors (Lipinski definition) is 2. The van der Waals surface area contributed by atoms with Crippen LogP contribution in [0.2, 0.25) is 0 Å². The van der Waals surface area contributed by atoms with Crippen LogP contribution in [0, 0.1) is 6.92 Å². The Kier molecular flexibility index (Phi) is 3.64. The van der Waals surface area contributed by atoms with Crippen molar-refractivity contribution in [3.05, 3.63) is 29.8 Å². The molecular weight excluding hydrogens is 214 g/mol. The van der Waals surface area contributed by atoms with E-state index in [0.717, 1.165) is 31.6 Å². The lowest BCUT2D eigenvalue weighted by Gasteiger charge is -2.30. The minimum absolute atomic E-state index is 0.0271. The van der Waals surface area contributed by atoms with Gasteiger partial charge in [0, 0.05) is 24.8 Å². The lowest BCUT2D eigenvalue weighted by Crippen LogP contribution is -2.44. The van der Waals surface area contributed by atoms with Gasteiger partial charge < -0.3 is 16.0 Å². The summed E-state index contributed by atoms with van der Waals surface area (Å²) in [4.78, 5) is 13.8. The van der Waals surface area contributed by atoms with Gasteiger partial charge in [-0.3, -0.25) is 0 Å². The number of piperidine rings is 1. The summed E-state index contributed by atoms with van der Waals surface area (Å²) in [6, 6.07) is 8.04. The normalized spacial score (nSPS) is 16.9. The van der Waals surface area contributed by atoms with Crippen LogP contribution in [-0.4, -0.2) is 30.1 Å². The first-order valence-corrected chi connectivity index (χ1v) is 6.03. The molecule has 0 saturated carbocycles. The fraction of sp³-hybridized carbons (Fsp3) is 0.462. The van der Waals surface area contributed by atoms with E-state index in [0.29, 0.717) is 0 Å². The zero-order valence-electron chi connectivity index (χ0n) is 10.1. The molecule has 0 aliphatic carbocycles. The SMILES string of the molecule is Cc1ccc(NC(=O)N2CCC(N)CC2)cc1. The van der Waals surface area contributed by atoms with Crippen LogP contribution in [0.5, 0.6) is 0 Å². The Labute approximate surface area is 102 Å². The molecule has 4 nitrogen and oxygen atoms in total. The van der Waals surface area contributed by atoms with Crippen molar-refractivity contribution in [1.82, 2.24) is 4.90 Å². The zero-order valence-corrected chi connectivity index (χ0v) is 10.1. The van der Waals surface area contributed by atoms with Gasteiger partial charge in [0.25, 0.3) is 0 Å². The number of urea groups is 1. The molecule has 1 aliphatic rings. The van der Waals surface area contributed by atoms with Gasteiger partial charge >= 0.3 is 6.03 Å². The molecule has 2 rings (SSSR count). The first-order valence-electron chi connectivity index (χ1n) is 6.03. The summed E-state index contributed by atoms with van der Waals surface area (Å²) in [7, 11) is 0. The van der Waals surface area contributed by atoms with Crippen molar-refractivity contribution >= 4 is 11.7 Å². The highest BCUT2D eigenvalue weighted by Crippen LogP contribution is 2.12. The van der Waals surface area contributed by atoms with Crippen LogP contribution < -0.4 is 11.1 Å². The topological polar surface area (TPSA) is 58.4 Å². The minimum atomic E-state index is -0.0271. The third kappa shape index (κ3) is 3.20. The number of aryl methyl sites for hydroxylation is 1. The molecule has 0 unspecified atom stereocenters. The van der Waals surface area contributed by atoms with E-state index in [4.69, 9.17) is 5.73 Å². The maximum absolute atomic E-state index is 11.9. The monoisotopic (exact) mass is 233 g/mol. The first kappa shape index (κ1) is 11.9. The highest BCUT2D eigenvalue weighted by molar-refractivity contribution is 5.89. The zero-order chi connectivity index (χ0) is 12.3. The molecule has 0 aromatic heterocycles. The van der Waals surface area contributed by atoms with Crippen molar-refractivity contribution in [2.75, 3.05) is 18.4 Å². The maximum atomic E-state index is 11.9. The molecule has 1 aliphatic heterocycles. The first-order chi connectivity index (χ1) is 8.15. The highest BCUT2D eigenvalue weighted by atomic mass is 16.2. The molecule has 1 aromatic carbocycles. The van der Waals surface area contributed by atoms with E-state index >= 15 is 0 Å². The smallest absolute Gasteiger partial charge is 0.321 e. The highest BCUT2D eigenvalue weighted by Gasteiger charge is 2.20. The number of nitrogens with two attached hydrogens (primary N) is 1. The number of hydrogen-bond acceptors (Lipinski definition) is 2. The molecule has 17 heavy (non-hydrogen) atoms. The summed E-state index contributed by atoms with van der Waals surface area (Å²) in [6.07, 6.45) is 1.78. The van der Waals surface area contributed by atoms with Crippen molar-refractivity contribution in [3.63, 3.8) is 0 Å². The van der Waals surface area contributed by atoms with Crippen molar-refractivity contribution in [2.24, 2.45) is 5.73 Å². The third-order valence-electron chi connectivity index (χ3n) is 3.13. The summed E-state index contributed by atoms with van der Waals surface area (Å²) in [5, 5.41) is 2.90. The third-order valence-corrected chi connectivity index (χ3v) is 3.13. The predicted molar refractivity (Wildman–Crippen MR) is 69.0 cm³/mol. The van der Waals surface area contributed by atoms with Crippen LogP contribution in [0.15, 0.2) is 24.3 Å². The van der Waals surface area contributed by atoms with Crippen molar-refractivity contribution in [3.8, 4) is 0 Å². The molecular formula is C13H19N3O. The molecule has 1 fully saturated rings. The second-order valence-electron chi connectivity index (χ2n) is 4.62. The predicted octanol–water partition coefficient (Wildman–Crippen LogP) is 1.95. The number of rotatable bonds is 1. The molecule has 2 amide bonds. The van der Waals surface area contributed by atoms with Crippen molar-refractivity contribution < 1.29 is 4.79 Å². The number of amides is 2. The van der Waals surface area contributed by atoms with Gasteiger partial charge in [-0.2, -0.15) is 0 Å². The largest absolute Gasteiger partial charge is 0.328 e. The number of likely N-dealkylation sites (tertiary alicyclic amines) is 1. The average molecular weight is 233 g/mol. The van der Waals surface area contributed by atoms with Crippen molar-refractivity contribution in [1.29, 1.82) is 0 Å². The molecule has 0 spiro atoms. The second kappa shape index (κ2) is 5.19. The number of nitrogens with zero attached hydrogens (tertiary/aromatic N) is 1. The molecule has 0 radical (unpaired) electrons. The van der Waals surface area contributed by atoms with Gasteiger partial charge in [0.1, 0.15) is 0 Å². The number of nitrogens with one attached hydrogen (secondary N) is 1. The number of carbonyl (C=O) groups excluding carboxylic acids is 1. The van der Waals surface area contributed by atoms with Gasteiger partial charge in [-0.1, -0.05) is 17.7 Å². The quantitative estimate of drug-likeness (QED) is 0.779. The summed E-state index contributed by atoms with van der Waals surface area (Å²) >= 11 is 0. The van der Waals surface area contributed by atoms with E-state index in [2.05, 4.69) is 5.32 Å². The Morgan fingerprint density at radius 2 is 1.88 bits per heavy atom. The number of benzene rings is 1. The van der Waals surface area contributed by atoms with E-state index in [1.807, 2.05) is 36.1 Å². The Morgan fingerprint density at radius 1 is 1.29 bits per heavy atom. The molecule has 0 atom stereocenters. The number of carbonyl (C=O) groups is 1. The summed E-state index contributed by atoms with van der Waals surface area (Å²) in [5.74, 6) is 0. The second-order valence-corrected chi connectivity index (χ2v) is 4.62. The Bertz CT molecular complexity index is 380. The van der Waals surface area contributed by atoms with Crippen LogP contribution in [-0.2, 0) is 0 Å². The molecule has 1 saturated heterocycles. The van der Waals surface area contributed by atoms with Crippen LogP contribution in [0.25, 0.3) is 0 Å². The van der Waals surface area contributed by atoms with E-state index in [1.54, 1.807) is 0 Å².